The molecule has 1 rings (SSSR count). The maximum Gasteiger partial charge on any atom is 0.183 e. The Hall–Kier alpha value is -0.163. The molecule has 0 radical (unpaired) electrons. The van der Waals surface area contributed by atoms with E-state index in [1.54, 1.807) is 6.08 Å². The van der Waals surface area contributed by atoms with E-state index in [1.165, 1.54) is 0 Å². The molecule has 2 atom stereocenters. The maximum absolute atomic E-state index is 9.49. The van der Waals surface area contributed by atoms with E-state index in [4.69, 9.17) is 9.16 Å². The van der Waals surface area contributed by atoms with Crippen LogP contribution in [0.4, 0.5) is 0 Å². The SMILES string of the molecule is C[Si](C)(C)OCC1OCC=CC1O. The van der Waals surface area contributed by atoms with Gasteiger partial charge in [0.15, 0.2) is 8.32 Å². The summed E-state index contributed by atoms with van der Waals surface area (Å²) >= 11 is 0. The van der Waals surface area contributed by atoms with Gasteiger partial charge >= 0.3 is 0 Å². The smallest absolute Gasteiger partial charge is 0.183 e. The van der Waals surface area contributed by atoms with Crippen molar-refractivity contribution >= 4 is 8.32 Å². The Labute approximate surface area is 80.5 Å². The third-order valence-electron chi connectivity index (χ3n) is 1.80. The molecule has 1 aliphatic heterocycles. The van der Waals surface area contributed by atoms with Crippen molar-refractivity contribution in [3.8, 4) is 0 Å². The highest BCUT2D eigenvalue weighted by atomic mass is 28.4. The Bertz CT molecular complexity index is 186. The highest BCUT2D eigenvalue weighted by Crippen LogP contribution is 2.11. The van der Waals surface area contributed by atoms with Gasteiger partial charge in [0.05, 0.1) is 13.2 Å². The lowest BCUT2D eigenvalue weighted by Gasteiger charge is -2.27. The van der Waals surface area contributed by atoms with Gasteiger partial charge < -0.3 is 14.3 Å². The van der Waals surface area contributed by atoms with Crippen molar-refractivity contribution in [2.24, 2.45) is 0 Å². The van der Waals surface area contributed by atoms with Crippen LogP contribution in [-0.4, -0.2) is 38.8 Å². The first-order chi connectivity index (χ1) is 5.99. The monoisotopic (exact) mass is 202 g/mol. The molecule has 0 saturated carbocycles. The highest BCUT2D eigenvalue weighted by molar-refractivity contribution is 6.69. The van der Waals surface area contributed by atoms with Gasteiger partial charge in [-0.05, 0) is 19.6 Å². The van der Waals surface area contributed by atoms with E-state index >= 15 is 0 Å². The third-order valence-corrected chi connectivity index (χ3v) is 2.83. The van der Waals surface area contributed by atoms with Crippen molar-refractivity contribution in [1.29, 1.82) is 0 Å². The van der Waals surface area contributed by atoms with Crippen LogP contribution in [0.25, 0.3) is 0 Å². The van der Waals surface area contributed by atoms with Crippen LogP contribution in [0.15, 0.2) is 12.2 Å². The number of rotatable bonds is 3. The topological polar surface area (TPSA) is 38.7 Å². The van der Waals surface area contributed by atoms with Crippen LogP contribution in [0, 0.1) is 0 Å². The van der Waals surface area contributed by atoms with E-state index in [9.17, 15) is 5.11 Å². The molecule has 2 unspecified atom stereocenters. The number of hydrogen-bond acceptors (Lipinski definition) is 3. The fourth-order valence-corrected chi connectivity index (χ4v) is 1.74. The molecule has 0 spiro atoms. The Morgan fingerprint density at radius 2 is 2.23 bits per heavy atom. The van der Waals surface area contributed by atoms with Crippen LogP contribution in [0.2, 0.25) is 19.6 Å². The van der Waals surface area contributed by atoms with Crippen molar-refractivity contribution < 1.29 is 14.3 Å². The molecular formula is C9H18O3Si. The van der Waals surface area contributed by atoms with E-state index < -0.39 is 14.4 Å². The van der Waals surface area contributed by atoms with E-state index in [1.807, 2.05) is 6.08 Å². The van der Waals surface area contributed by atoms with Crippen molar-refractivity contribution in [2.75, 3.05) is 13.2 Å². The molecule has 0 aromatic heterocycles. The second kappa shape index (κ2) is 4.37. The first kappa shape index (κ1) is 10.9. The summed E-state index contributed by atoms with van der Waals surface area (Å²) in [5, 5.41) is 9.49. The zero-order valence-corrected chi connectivity index (χ0v) is 9.49. The van der Waals surface area contributed by atoms with Crippen molar-refractivity contribution in [2.45, 2.75) is 31.8 Å². The lowest BCUT2D eigenvalue weighted by atomic mass is 10.2. The first-order valence-corrected chi connectivity index (χ1v) is 8.00. The standard InChI is InChI=1S/C9H18O3Si/c1-13(2,3)12-7-9-8(10)5-4-6-11-9/h4-5,8-10H,6-7H2,1-3H3. The summed E-state index contributed by atoms with van der Waals surface area (Å²) in [6.45, 7) is 7.45. The fraction of sp³-hybridized carbons (Fsp3) is 0.778. The Balaban J connectivity index is 2.33. The number of aliphatic hydroxyl groups is 1. The van der Waals surface area contributed by atoms with Crippen LogP contribution in [0.5, 0.6) is 0 Å². The van der Waals surface area contributed by atoms with Crippen LogP contribution in [0.1, 0.15) is 0 Å². The van der Waals surface area contributed by atoms with E-state index in [2.05, 4.69) is 19.6 Å². The lowest BCUT2D eigenvalue weighted by molar-refractivity contribution is -0.0402. The fourth-order valence-electron chi connectivity index (χ4n) is 1.08. The lowest BCUT2D eigenvalue weighted by Crippen LogP contribution is -2.39. The molecule has 0 amide bonds. The maximum atomic E-state index is 9.49. The minimum Gasteiger partial charge on any atom is -0.415 e. The summed E-state index contributed by atoms with van der Waals surface area (Å²) in [5.41, 5.74) is 0. The number of hydrogen-bond donors (Lipinski definition) is 1. The Kier molecular flexibility index (Phi) is 3.67. The van der Waals surface area contributed by atoms with E-state index in [-0.39, 0.29) is 6.10 Å². The molecule has 1 aliphatic rings. The molecule has 0 aliphatic carbocycles. The molecule has 0 aromatic rings. The van der Waals surface area contributed by atoms with Gasteiger partial charge in [-0.25, -0.2) is 0 Å². The summed E-state index contributed by atoms with van der Waals surface area (Å²) in [5.74, 6) is 0. The van der Waals surface area contributed by atoms with Gasteiger partial charge in [0.2, 0.25) is 0 Å². The second-order valence-corrected chi connectivity index (χ2v) is 8.73. The molecule has 4 heteroatoms. The van der Waals surface area contributed by atoms with Crippen molar-refractivity contribution in [3.63, 3.8) is 0 Å². The number of aliphatic hydroxyl groups excluding tert-OH is 1. The molecule has 0 saturated heterocycles. The first-order valence-electron chi connectivity index (χ1n) is 4.59. The molecular weight excluding hydrogens is 184 g/mol. The Morgan fingerprint density at radius 3 is 2.77 bits per heavy atom. The third kappa shape index (κ3) is 4.04. The minimum absolute atomic E-state index is 0.184. The largest absolute Gasteiger partial charge is 0.415 e. The minimum atomic E-state index is -1.49. The predicted octanol–water partition coefficient (Wildman–Crippen LogP) is 1.15. The van der Waals surface area contributed by atoms with Gasteiger partial charge in [-0.3, -0.25) is 0 Å². The van der Waals surface area contributed by atoms with Crippen molar-refractivity contribution in [1.82, 2.24) is 0 Å². The van der Waals surface area contributed by atoms with E-state index in [0.717, 1.165) is 0 Å². The zero-order chi connectivity index (χ0) is 9.90. The average molecular weight is 202 g/mol. The molecule has 0 fully saturated rings. The molecule has 0 bridgehead atoms. The number of ether oxygens (including phenoxy) is 1. The molecule has 3 nitrogen and oxygen atoms in total. The van der Waals surface area contributed by atoms with Crippen molar-refractivity contribution in [3.05, 3.63) is 12.2 Å². The molecule has 1 N–H and O–H groups in total. The molecule has 76 valence electrons. The van der Waals surface area contributed by atoms with E-state index in [0.29, 0.717) is 13.2 Å². The van der Waals surface area contributed by atoms with Gasteiger partial charge in [-0.2, -0.15) is 0 Å². The summed E-state index contributed by atoms with van der Waals surface area (Å²) in [6, 6.07) is 0. The van der Waals surface area contributed by atoms with Gasteiger partial charge in [-0.1, -0.05) is 12.2 Å². The van der Waals surface area contributed by atoms with Gasteiger partial charge in [0, 0.05) is 0 Å². The quantitative estimate of drug-likeness (QED) is 0.551. The van der Waals surface area contributed by atoms with Crippen LogP contribution in [0.3, 0.4) is 0 Å². The van der Waals surface area contributed by atoms with Gasteiger partial charge in [-0.15, -0.1) is 0 Å². The van der Waals surface area contributed by atoms with Gasteiger partial charge in [0.1, 0.15) is 12.2 Å². The molecule has 0 aromatic carbocycles. The van der Waals surface area contributed by atoms with Crippen LogP contribution < -0.4 is 0 Å². The van der Waals surface area contributed by atoms with Gasteiger partial charge in [0.25, 0.3) is 0 Å². The molecule has 1 heterocycles. The summed E-state index contributed by atoms with van der Waals surface area (Å²) < 4.78 is 11.0. The summed E-state index contributed by atoms with van der Waals surface area (Å²) in [6.07, 6.45) is 2.90. The zero-order valence-electron chi connectivity index (χ0n) is 8.49. The Morgan fingerprint density at radius 1 is 1.54 bits per heavy atom. The normalized spacial score (nSPS) is 29.2. The molecule has 13 heavy (non-hydrogen) atoms. The van der Waals surface area contributed by atoms with Crippen LogP contribution >= 0.6 is 0 Å². The summed E-state index contributed by atoms with van der Waals surface area (Å²) in [7, 11) is -1.49. The predicted molar refractivity (Wildman–Crippen MR) is 54.2 cm³/mol. The second-order valence-electron chi connectivity index (χ2n) is 4.21. The highest BCUT2D eigenvalue weighted by Gasteiger charge is 2.23. The average Bonchev–Trinajstić information content (AvgIpc) is 2.01. The summed E-state index contributed by atoms with van der Waals surface area (Å²) in [4.78, 5) is 0. The van der Waals surface area contributed by atoms with Crippen LogP contribution in [-0.2, 0) is 9.16 Å².